The Hall–Kier alpha value is -7.97. The van der Waals surface area contributed by atoms with E-state index in [1.807, 2.05) is 86.9 Å². The number of hydrogen-bond acceptors (Lipinski definition) is 12. The molecule has 3 aromatic heterocycles. The van der Waals surface area contributed by atoms with Gasteiger partial charge in [-0.25, -0.2) is 13.8 Å². The maximum absolute atomic E-state index is 15.0. The van der Waals surface area contributed by atoms with Crippen LogP contribution in [0.15, 0.2) is 95.5 Å². The number of methoxy groups -OCH3 is 1. The predicted octanol–water partition coefficient (Wildman–Crippen LogP) is 12.3. The van der Waals surface area contributed by atoms with Crippen molar-refractivity contribution < 1.29 is 42.5 Å². The first kappa shape index (κ1) is 65.0. The molecule has 0 spiro atoms. The van der Waals surface area contributed by atoms with Crippen molar-refractivity contribution in [1.29, 1.82) is 0 Å². The number of anilines is 2. The van der Waals surface area contributed by atoms with Crippen molar-refractivity contribution in [2.24, 2.45) is 13.0 Å². The van der Waals surface area contributed by atoms with E-state index in [4.69, 9.17) is 9.47 Å². The number of aromatic nitrogens is 4. The SMILES string of the molecule is COc1cc(N2CCCc3cc(-c4cnn(CC(=O)NCCCCCCCCCCCCCCOc5cc(-c6scnc6C)ccc5CNC(=O)[C@@H]5C[C@@H](O)CN5C(=O)[C@H](C(C)C)N5Cc6ccccc6C5=O)c4)c(C(F)F)cc32)c2cc(C)c(=O)n(C)c2c1. The van der Waals surface area contributed by atoms with Crippen molar-refractivity contribution in [2.45, 2.75) is 168 Å². The zero-order valence-electron chi connectivity index (χ0n) is 52.7. The zero-order chi connectivity index (χ0) is 63.6. The number of aryl methyl sites for hydroxylation is 4. The number of β-amino-alcohol motifs (C(OH)–C–C–N with tert-alkyl or cyclic N) is 1. The molecule has 90 heavy (non-hydrogen) atoms. The van der Waals surface area contributed by atoms with Crippen molar-refractivity contribution in [3.63, 3.8) is 0 Å². The van der Waals surface area contributed by atoms with Crippen molar-refractivity contribution >= 4 is 57.2 Å². The monoisotopic (exact) mass is 1250 g/mol. The Bertz CT molecular complexity index is 3770. The van der Waals surface area contributed by atoms with Crippen LogP contribution in [0, 0.1) is 19.8 Å². The molecule has 3 aliphatic heterocycles. The van der Waals surface area contributed by atoms with Gasteiger partial charge in [-0.1, -0.05) is 108 Å². The first-order valence-electron chi connectivity index (χ1n) is 32.0. The lowest BCUT2D eigenvalue weighted by molar-refractivity contribution is -0.143. The van der Waals surface area contributed by atoms with Gasteiger partial charge in [0.05, 0.1) is 53.3 Å². The number of rotatable bonds is 29. The van der Waals surface area contributed by atoms with E-state index in [0.29, 0.717) is 77.6 Å². The molecule has 0 radical (unpaired) electrons. The fourth-order valence-corrected chi connectivity index (χ4v) is 14.0. The Morgan fingerprint density at radius 3 is 2.27 bits per heavy atom. The minimum Gasteiger partial charge on any atom is -0.497 e. The average molecular weight is 1250 g/mol. The Balaban J connectivity index is 0.612. The molecule has 1 saturated heterocycles. The van der Waals surface area contributed by atoms with E-state index >= 15 is 0 Å². The number of pyridine rings is 1. The van der Waals surface area contributed by atoms with E-state index < -0.39 is 24.6 Å². The highest BCUT2D eigenvalue weighted by molar-refractivity contribution is 7.13. The molecule has 20 heteroatoms. The van der Waals surface area contributed by atoms with Crippen molar-refractivity contribution in [2.75, 3.05) is 38.3 Å². The summed E-state index contributed by atoms with van der Waals surface area (Å²) < 4.78 is 45.1. The summed E-state index contributed by atoms with van der Waals surface area (Å²) in [6.45, 7) is 9.71. The number of ether oxygens (including phenoxy) is 2. The number of alkyl halides is 2. The Morgan fingerprint density at radius 1 is 0.833 bits per heavy atom. The third kappa shape index (κ3) is 14.9. The van der Waals surface area contributed by atoms with Crippen LogP contribution in [0.4, 0.5) is 20.2 Å². The molecule has 4 amide bonds. The first-order valence-corrected chi connectivity index (χ1v) is 32.9. The lowest BCUT2D eigenvalue weighted by atomic mass is 9.92. The van der Waals surface area contributed by atoms with E-state index in [-0.39, 0.29) is 66.7 Å². The van der Waals surface area contributed by atoms with Crippen LogP contribution in [-0.4, -0.2) is 109 Å². The highest BCUT2D eigenvalue weighted by Crippen LogP contribution is 2.44. The normalized spacial score (nSPS) is 15.9. The van der Waals surface area contributed by atoms with Crippen LogP contribution in [-0.2, 0) is 47.5 Å². The summed E-state index contributed by atoms with van der Waals surface area (Å²) in [5.74, 6) is -0.0742. The number of fused-ring (bicyclic) bond motifs is 3. The van der Waals surface area contributed by atoms with Gasteiger partial charge in [-0.05, 0) is 98.0 Å². The van der Waals surface area contributed by atoms with E-state index in [9.17, 15) is 37.9 Å². The van der Waals surface area contributed by atoms with Gasteiger partial charge >= 0.3 is 0 Å². The van der Waals surface area contributed by atoms with Crippen molar-refractivity contribution in [3.05, 3.63) is 140 Å². The maximum atomic E-state index is 15.0. The Morgan fingerprint density at radius 2 is 1.57 bits per heavy atom. The molecule has 10 rings (SSSR count). The van der Waals surface area contributed by atoms with Crippen LogP contribution in [0.3, 0.4) is 0 Å². The molecule has 1 fully saturated rings. The summed E-state index contributed by atoms with van der Waals surface area (Å²) in [5, 5.41) is 22.1. The standard InChI is InChI=1S/C70H85F2N9O8S/c1-44(2)64(81-40-50-22-17-18-24-54(50)69(81)86)70(87)80-41-52(82)33-61(80)67(84)74-37-49-26-25-48(65-46(4)75-43-90-65)32-62(49)89-29-20-16-14-12-10-8-7-9-11-13-15-19-27-73-63(83)42-78-39-51(38-76-78)55-31-47-23-21-28-79(58(47)36-56(55)66(71)72)60-35-53(88-6)34-59-57(60)30-45(3)68(85)77(59)5/h17-18,22,24-26,30-32,34-36,38-39,43-44,52,61,64,66,82H,7-16,19-21,23,27-29,33,37,40-42H2,1-6H3,(H,73,83)(H,74,84)/t52-,61+,64+/m1/s1. The Kier molecular flexibility index (Phi) is 21.5. The van der Waals surface area contributed by atoms with E-state index in [0.717, 1.165) is 102 Å². The summed E-state index contributed by atoms with van der Waals surface area (Å²) in [5.41, 5.74) is 10.3. The molecule has 4 aromatic carbocycles. The number of aliphatic hydroxyl groups is 1. The third-order valence-corrected chi connectivity index (χ3v) is 18.9. The molecule has 478 valence electrons. The molecule has 7 aromatic rings. The number of thiazole rings is 1. The van der Waals surface area contributed by atoms with Crippen LogP contribution >= 0.6 is 11.3 Å². The Labute approximate surface area is 529 Å². The average Bonchev–Trinajstić information content (AvgIpc) is 0.775. The second kappa shape index (κ2) is 29.8. The number of carbonyl (C=O) groups excluding carboxylic acids is 4. The minimum absolute atomic E-state index is 0.0119. The minimum atomic E-state index is -2.76. The summed E-state index contributed by atoms with van der Waals surface area (Å²) in [7, 11) is 3.29. The van der Waals surface area contributed by atoms with Crippen molar-refractivity contribution in [1.82, 2.24) is 39.8 Å². The van der Waals surface area contributed by atoms with E-state index in [1.165, 1.54) is 35.3 Å². The van der Waals surface area contributed by atoms with Gasteiger partial charge in [-0.15, -0.1) is 11.3 Å². The number of likely N-dealkylation sites (tertiary alicyclic amines) is 1. The van der Waals surface area contributed by atoms with Crippen LogP contribution in [0.5, 0.6) is 11.5 Å². The molecule has 0 unspecified atom stereocenters. The maximum Gasteiger partial charge on any atom is 0.264 e. The second-order valence-electron chi connectivity index (χ2n) is 24.7. The van der Waals surface area contributed by atoms with Gasteiger partial charge in [0.25, 0.3) is 17.9 Å². The van der Waals surface area contributed by atoms with E-state index in [2.05, 4.69) is 25.6 Å². The quantitative estimate of drug-likeness (QED) is 0.0378. The van der Waals surface area contributed by atoms with Crippen LogP contribution in [0.25, 0.3) is 32.5 Å². The van der Waals surface area contributed by atoms with Gasteiger partial charge in [0.15, 0.2) is 0 Å². The molecule has 0 aliphatic carbocycles. The highest BCUT2D eigenvalue weighted by atomic mass is 32.1. The number of unbranched alkanes of at least 4 members (excludes halogenated alkanes) is 11. The molecular weight excluding hydrogens is 1160 g/mol. The fraction of sp³-hybridized carbons (Fsp3) is 0.471. The number of nitrogens with one attached hydrogen (secondary N) is 2. The van der Waals surface area contributed by atoms with Gasteiger partial charge in [0.2, 0.25) is 17.7 Å². The van der Waals surface area contributed by atoms with Gasteiger partial charge in [-0.2, -0.15) is 5.10 Å². The number of carbonyl (C=O) groups is 4. The molecular formula is C70H85F2N9O8S. The zero-order valence-corrected chi connectivity index (χ0v) is 53.5. The third-order valence-electron chi connectivity index (χ3n) is 18.0. The lowest BCUT2D eigenvalue weighted by Crippen LogP contribution is -2.55. The smallest absolute Gasteiger partial charge is 0.264 e. The van der Waals surface area contributed by atoms with Crippen molar-refractivity contribution in [3.8, 4) is 33.1 Å². The van der Waals surface area contributed by atoms with Crippen LogP contribution in [0.1, 0.15) is 154 Å². The number of hydrogen-bond donors (Lipinski definition) is 3. The fourth-order valence-electron chi connectivity index (χ4n) is 13.2. The van der Waals surface area contributed by atoms with Crippen LogP contribution in [0.2, 0.25) is 0 Å². The molecule has 3 atom stereocenters. The summed E-state index contributed by atoms with van der Waals surface area (Å²) >= 11 is 1.56. The number of nitrogens with zero attached hydrogens (tertiary/aromatic N) is 7. The molecule has 0 saturated carbocycles. The molecule has 0 bridgehead atoms. The molecule has 3 aliphatic rings. The number of amides is 4. The summed E-state index contributed by atoms with van der Waals surface area (Å²) in [4.78, 5) is 78.2. The molecule has 17 nitrogen and oxygen atoms in total. The van der Waals surface area contributed by atoms with Crippen LogP contribution < -0.4 is 30.6 Å². The number of aliphatic hydroxyl groups excluding tert-OH is 1. The van der Waals surface area contributed by atoms with E-state index in [1.54, 1.807) is 66.4 Å². The number of benzene rings is 4. The second-order valence-corrected chi connectivity index (χ2v) is 25.6. The van der Waals surface area contributed by atoms with Gasteiger partial charge in [0, 0.05) is 103 Å². The predicted molar refractivity (Wildman–Crippen MR) is 348 cm³/mol. The number of halogens is 2. The van der Waals surface area contributed by atoms with Gasteiger partial charge < -0.3 is 44.5 Å². The molecule has 6 heterocycles. The topological polar surface area (TPSA) is 193 Å². The summed E-state index contributed by atoms with van der Waals surface area (Å²) in [6.07, 6.45) is 14.3. The first-order chi connectivity index (χ1) is 43.5. The van der Waals surface area contributed by atoms with Gasteiger partial charge in [0.1, 0.15) is 30.1 Å². The lowest BCUT2D eigenvalue weighted by Gasteiger charge is -2.35. The molecule has 3 N–H and O–H groups in total. The highest BCUT2D eigenvalue weighted by Gasteiger charge is 2.46. The summed E-state index contributed by atoms with van der Waals surface area (Å²) in [6, 6.07) is 20.7. The van der Waals surface area contributed by atoms with Gasteiger partial charge in [-0.3, -0.25) is 28.7 Å². The largest absolute Gasteiger partial charge is 0.497 e.